The summed E-state index contributed by atoms with van der Waals surface area (Å²) in [6.07, 6.45) is 3.19. The highest BCUT2D eigenvalue weighted by Crippen LogP contribution is 2.33. The molecule has 1 fully saturated rings. The van der Waals surface area contributed by atoms with Crippen LogP contribution in [0, 0.1) is 5.92 Å². The Bertz CT molecular complexity index is 434. The van der Waals surface area contributed by atoms with Gasteiger partial charge in [-0.05, 0) is 49.8 Å². The zero-order valence-corrected chi connectivity index (χ0v) is 12.5. The maximum Gasteiger partial charge on any atom is 0.189 e. The third-order valence-corrected chi connectivity index (χ3v) is 3.46. The molecule has 1 unspecified atom stereocenters. The van der Waals surface area contributed by atoms with Crippen LogP contribution >= 0.6 is 23.2 Å². The van der Waals surface area contributed by atoms with Crippen LogP contribution in [0.2, 0.25) is 10.0 Å². The van der Waals surface area contributed by atoms with Crippen molar-refractivity contribution in [3.8, 4) is 5.75 Å². The number of rotatable bonds is 7. The summed E-state index contributed by atoms with van der Waals surface area (Å²) >= 11 is 12.2. The molecule has 1 aliphatic carbocycles. The van der Waals surface area contributed by atoms with Gasteiger partial charge in [0, 0.05) is 11.1 Å². The predicted octanol–water partition coefficient (Wildman–Crippen LogP) is 3.65. The average Bonchev–Trinajstić information content (AvgIpc) is 3.09. The van der Waals surface area contributed by atoms with Crippen LogP contribution in [-0.2, 0) is 11.2 Å². The lowest BCUT2D eigenvalue weighted by Crippen LogP contribution is -2.18. The van der Waals surface area contributed by atoms with E-state index in [9.17, 15) is 0 Å². The van der Waals surface area contributed by atoms with Crippen LogP contribution < -0.4 is 10.5 Å². The Morgan fingerprint density at radius 3 is 2.74 bits per heavy atom. The Kier molecular flexibility index (Phi) is 5.34. The SMILES string of the molecule is CC(N)Cc1cc(Cl)cc(Cl)c1OCOCC1CC1. The van der Waals surface area contributed by atoms with Gasteiger partial charge < -0.3 is 15.2 Å². The van der Waals surface area contributed by atoms with Gasteiger partial charge in [0.25, 0.3) is 0 Å². The highest BCUT2D eigenvalue weighted by Gasteiger charge is 2.21. The molecular weight excluding hydrogens is 285 g/mol. The van der Waals surface area contributed by atoms with E-state index < -0.39 is 0 Å². The summed E-state index contributed by atoms with van der Waals surface area (Å²) < 4.78 is 11.1. The van der Waals surface area contributed by atoms with E-state index in [2.05, 4.69) is 0 Å². The van der Waals surface area contributed by atoms with Crippen LogP contribution in [0.25, 0.3) is 0 Å². The smallest absolute Gasteiger partial charge is 0.189 e. The van der Waals surface area contributed by atoms with Crippen LogP contribution in [0.3, 0.4) is 0 Å². The Morgan fingerprint density at radius 1 is 1.37 bits per heavy atom. The molecule has 106 valence electrons. The minimum absolute atomic E-state index is 0.0178. The van der Waals surface area contributed by atoms with Crippen LogP contribution in [-0.4, -0.2) is 19.4 Å². The first-order valence-corrected chi connectivity index (χ1v) is 7.26. The van der Waals surface area contributed by atoms with Crippen LogP contribution in [0.15, 0.2) is 12.1 Å². The summed E-state index contributed by atoms with van der Waals surface area (Å²) in [6, 6.07) is 3.53. The van der Waals surface area contributed by atoms with E-state index in [1.54, 1.807) is 6.07 Å². The number of ether oxygens (including phenoxy) is 2. The first kappa shape index (κ1) is 14.9. The molecule has 0 bridgehead atoms. The van der Waals surface area contributed by atoms with Gasteiger partial charge in [-0.1, -0.05) is 23.2 Å². The molecule has 0 aliphatic heterocycles. The molecule has 19 heavy (non-hydrogen) atoms. The first-order valence-electron chi connectivity index (χ1n) is 6.50. The van der Waals surface area contributed by atoms with E-state index in [1.165, 1.54) is 12.8 Å². The molecule has 2 N–H and O–H groups in total. The second-order valence-electron chi connectivity index (χ2n) is 5.13. The fourth-order valence-corrected chi connectivity index (χ4v) is 2.46. The molecule has 0 radical (unpaired) electrons. The minimum atomic E-state index is 0.0178. The van der Waals surface area contributed by atoms with Gasteiger partial charge in [-0.2, -0.15) is 0 Å². The molecule has 0 heterocycles. The van der Waals surface area contributed by atoms with E-state index in [4.69, 9.17) is 38.4 Å². The minimum Gasteiger partial charge on any atom is -0.466 e. The molecule has 0 aromatic heterocycles. The van der Waals surface area contributed by atoms with E-state index in [0.29, 0.717) is 28.1 Å². The molecule has 0 spiro atoms. The molecule has 1 saturated carbocycles. The third-order valence-electron chi connectivity index (χ3n) is 2.96. The van der Waals surface area contributed by atoms with Crippen LogP contribution in [0.4, 0.5) is 0 Å². The fourth-order valence-electron chi connectivity index (χ4n) is 1.87. The summed E-state index contributed by atoms with van der Waals surface area (Å²) in [5, 5.41) is 1.09. The van der Waals surface area contributed by atoms with E-state index in [1.807, 2.05) is 13.0 Å². The quantitative estimate of drug-likeness (QED) is 0.618. The van der Waals surface area contributed by atoms with Gasteiger partial charge in [0.15, 0.2) is 6.79 Å². The van der Waals surface area contributed by atoms with Gasteiger partial charge in [0.1, 0.15) is 5.75 Å². The molecule has 1 aromatic carbocycles. The second-order valence-corrected chi connectivity index (χ2v) is 5.98. The maximum absolute atomic E-state index is 6.17. The largest absolute Gasteiger partial charge is 0.466 e. The summed E-state index contributed by atoms with van der Waals surface area (Å²) in [4.78, 5) is 0. The van der Waals surface area contributed by atoms with E-state index in [-0.39, 0.29) is 12.8 Å². The number of hydrogen-bond acceptors (Lipinski definition) is 3. The molecule has 1 atom stereocenters. The van der Waals surface area contributed by atoms with E-state index >= 15 is 0 Å². The van der Waals surface area contributed by atoms with Gasteiger partial charge >= 0.3 is 0 Å². The lowest BCUT2D eigenvalue weighted by atomic mass is 10.1. The number of nitrogens with two attached hydrogens (primary N) is 1. The Hall–Kier alpha value is -0.480. The molecule has 1 aromatic rings. The monoisotopic (exact) mass is 303 g/mol. The van der Waals surface area contributed by atoms with Crippen molar-refractivity contribution in [1.29, 1.82) is 0 Å². The topological polar surface area (TPSA) is 44.5 Å². The lowest BCUT2D eigenvalue weighted by molar-refractivity contribution is 0.00949. The molecule has 3 nitrogen and oxygen atoms in total. The standard InChI is InChI=1S/C14H19Cl2NO2/c1-9(17)4-11-5-12(15)6-13(16)14(11)19-8-18-7-10-2-3-10/h5-6,9-10H,2-4,7-8,17H2,1H3. The molecule has 2 rings (SSSR count). The first-order chi connectivity index (χ1) is 9.06. The summed E-state index contributed by atoms with van der Waals surface area (Å²) in [6.45, 7) is 2.90. The van der Waals surface area contributed by atoms with Gasteiger partial charge in [-0.25, -0.2) is 0 Å². The van der Waals surface area contributed by atoms with Crippen molar-refractivity contribution < 1.29 is 9.47 Å². The Balaban J connectivity index is 1.98. The average molecular weight is 304 g/mol. The number of halogens is 2. The zero-order valence-electron chi connectivity index (χ0n) is 11.0. The van der Waals surface area contributed by atoms with Gasteiger partial charge in [0.2, 0.25) is 0 Å². The highest BCUT2D eigenvalue weighted by molar-refractivity contribution is 6.35. The van der Waals surface area contributed by atoms with Crippen molar-refractivity contribution in [2.75, 3.05) is 13.4 Å². The Morgan fingerprint density at radius 2 is 2.11 bits per heavy atom. The van der Waals surface area contributed by atoms with Crippen molar-refractivity contribution in [3.05, 3.63) is 27.7 Å². The predicted molar refractivity (Wildman–Crippen MR) is 78.0 cm³/mol. The van der Waals surface area contributed by atoms with Crippen molar-refractivity contribution in [1.82, 2.24) is 0 Å². The maximum atomic E-state index is 6.17. The summed E-state index contributed by atoms with van der Waals surface area (Å²) in [7, 11) is 0. The third kappa shape index (κ3) is 4.84. The lowest BCUT2D eigenvalue weighted by Gasteiger charge is -2.15. The van der Waals surface area contributed by atoms with Crippen molar-refractivity contribution in [2.24, 2.45) is 11.7 Å². The van der Waals surface area contributed by atoms with Gasteiger partial charge in [-0.3, -0.25) is 0 Å². The number of benzene rings is 1. The fraction of sp³-hybridized carbons (Fsp3) is 0.571. The summed E-state index contributed by atoms with van der Waals surface area (Å²) in [5.41, 5.74) is 6.74. The van der Waals surface area contributed by atoms with Gasteiger partial charge in [0.05, 0.1) is 11.6 Å². The van der Waals surface area contributed by atoms with Gasteiger partial charge in [-0.15, -0.1) is 0 Å². The normalized spacial score (nSPS) is 16.4. The highest BCUT2D eigenvalue weighted by atomic mass is 35.5. The van der Waals surface area contributed by atoms with Crippen LogP contribution in [0.1, 0.15) is 25.3 Å². The Labute approximate surface area is 124 Å². The molecule has 5 heteroatoms. The van der Waals surface area contributed by atoms with Crippen LogP contribution in [0.5, 0.6) is 5.75 Å². The van der Waals surface area contributed by atoms with Crippen molar-refractivity contribution >= 4 is 23.2 Å². The van der Waals surface area contributed by atoms with E-state index in [0.717, 1.165) is 12.2 Å². The molecular formula is C14H19Cl2NO2. The summed E-state index contributed by atoms with van der Waals surface area (Å²) in [5.74, 6) is 1.34. The van der Waals surface area contributed by atoms with Crippen molar-refractivity contribution in [3.63, 3.8) is 0 Å². The zero-order chi connectivity index (χ0) is 13.8. The molecule has 0 saturated heterocycles. The molecule has 1 aliphatic rings. The second kappa shape index (κ2) is 6.80. The number of hydrogen-bond donors (Lipinski definition) is 1. The van der Waals surface area contributed by atoms with Crippen molar-refractivity contribution in [2.45, 2.75) is 32.2 Å². The molecule has 0 amide bonds.